The summed E-state index contributed by atoms with van der Waals surface area (Å²) in [6.45, 7) is 5.96. The topological polar surface area (TPSA) is 131 Å². The Morgan fingerprint density at radius 3 is 2.06 bits per heavy atom. The molecule has 0 aromatic heterocycles. The normalized spacial score (nSPS) is 12.0. The number of carbonyl (C=O) groups excluding carboxylic acids is 1. The molecule has 2 aromatic carbocycles. The summed E-state index contributed by atoms with van der Waals surface area (Å²) in [6, 6.07) is 9.62. The molecule has 2 aromatic rings. The first-order chi connectivity index (χ1) is 14.5. The number of anilines is 1. The zero-order valence-corrected chi connectivity index (χ0v) is 19.4. The lowest BCUT2D eigenvalue weighted by Gasteiger charge is -2.13. The van der Waals surface area contributed by atoms with Crippen molar-refractivity contribution in [2.45, 2.75) is 30.6 Å². The van der Waals surface area contributed by atoms with E-state index in [4.69, 9.17) is 4.74 Å². The van der Waals surface area contributed by atoms with E-state index in [1.165, 1.54) is 49.6 Å². The van der Waals surface area contributed by atoms with Gasteiger partial charge in [0.15, 0.2) is 0 Å². The Kier molecular flexibility index (Phi) is 8.18. The molecule has 0 spiro atoms. The van der Waals surface area contributed by atoms with Crippen molar-refractivity contribution in [2.75, 3.05) is 25.5 Å². The Bertz CT molecular complexity index is 1130. The van der Waals surface area contributed by atoms with E-state index in [0.29, 0.717) is 12.2 Å². The summed E-state index contributed by atoms with van der Waals surface area (Å²) in [5.74, 6) is -0.237. The van der Waals surface area contributed by atoms with Gasteiger partial charge in [0.05, 0.1) is 22.5 Å². The molecule has 1 amide bonds. The molecule has 0 heterocycles. The number of ether oxygens (including phenoxy) is 1. The molecule has 0 fully saturated rings. The van der Waals surface area contributed by atoms with Crippen LogP contribution in [0.4, 0.5) is 5.69 Å². The standard InChI is InChI=1S/C20H27N3O6S2/c1-5-21-31(27,28)17-10-11-19(29-4)18(12-17)20(24)23-15-6-8-16(9-7-15)30(25,26)22-13-14(2)3/h6-12,14,21-22H,5,13H2,1-4H3,(H,23,24). The highest BCUT2D eigenvalue weighted by Crippen LogP contribution is 2.24. The number of benzene rings is 2. The van der Waals surface area contributed by atoms with Gasteiger partial charge in [0, 0.05) is 18.8 Å². The fraction of sp³-hybridized carbons (Fsp3) is 0.350. The smallest absolute Gasteiger partial charge is 0.259 e. The average Bonchev–Trinajstić information content (AvgIpc) is 2.72. The summed E-state index contributed by atoms with van der Waals surface area (Å²) in [4.78, 5) is 12.8. The van der Waals surface area contributed by atoms with Gasteiger partial charge >= 0.3 is 0 Å². The highest BCUT2D eigenvalue weighted by atomic mass is 32.2. The van der Waals surface area contributed by atoms with Crippen molar-refractivity contribution in [2.24, 2.45) is 5.92 Å². The van der Waals surface area contributed by atoms with E-state index in [-0.39, 0.29) is 33.6 Å². The van der Waals surface area contributed by atoms with Crippen molar-refractivity contribution in [3.05, 3.63) is 48.0 Å². The lowest BCUT2D eigenvalue weighted by molar-refractivity contribution is 0.102. The van der Waals surface area contributed by atoms with Crippen molar-refractivity contribution >= 4 is 31.6 Å². The molecular weight excluding hydrogens is 442 g/mol. The SMILES string of the molecule is CCNS(=O)(=O)c1ccc(OC)c(C(=O)Nc2ccc(S(=O)(=O)NCC(C)C)cc2)c1. The van der Waals surface area contributed by atoms with Crippen LogP contribution in [-0.4, -0.2) is 42.9 Å². The maximum absolute atomic E-state index is 12.8. The monoisotopic (exact) mass is 469 g/mol. The lowest BCUT2D eigenvalue weighted by atomic mass is 10.2. The molecule has 0 bridgehead atoms. The van der Waals surface area contributed by atoms with Crippen molar-refractivity contribution < 1.29 is 26.4 Å². The van der Waals surface area contributed by atoms with E-state index in [1.54, 1.807) is 6.92 Å². The summed E-state index contributed by atoms with van der Waals surface area (Å²) in [7, 11) is -6.03. The quantitative estimate of drug-likeness (QED) is 0.489. The van der Waals surface area contributed by atoms with Gasteiger partial charge in [0.2, 0.25) is 20.0 Å². The Morgan fingerprint density at radius 1 is 0.935 bits per heavy atom. The maximum Gasteiger partial charge on any atom is 0.259 e. The molecule has 3 N–H and O–H groups in total. The van der Waals surface area contributed by atoms with Crippen molar-refractivity contribution in [1.82, 2.24) is 9.44 Å². The molecule has 9 nitrogen and oxygen atoms in total. The molecule has 31 heavy (non-hydrogen) atoms. The van der Waals surface area contributed by atoms with Gasteiger partial charge in [0.1, 0.15) is 5.75 Å². The predicted octanol–water partition coefficient (Wildman–Crippen LogP) is 2.18. The lowest BCUT2D eigenvalue weighted by Crippen LogP contribution is -2.27. The molecular formula is C20H27N3O6S2. The van der Waals surface area contributed by atoms with Crippen molar-refractivity contribution in [1.29, 1.82) is 0 Å². The molecule has 0 saturated heterocycles. The van der Waals surface area contributed by atoms with Crippen LogP contribution < -0.4 is 19.5 Å². The molecule has 0 aliphatic rings. The van der Waals surface area contributed by atoms with Crippen molar-refractivity contribution in [3.63, 3.8) is 0 Å². The number of amides is 1. The molecule has 0 aliphatic heterocycles. The van der Waals surface area contributed by atoms with Gasteiger partial charge in [-0.05, 0) is 48.4 Å². The van der Waals surface area contributed by atoms with Crippen LogP contribution in [0.3, 0.4) is 0 Å². The molecule has 2 rings (SSSR count). The van der Waals surface area contributed by atoms with E-state index in [2.05, 4.69) is 14.8 Å². The Balaban J connectivity index is 2.25. The van der Waals surface area contributed by atoms with E-state index in [1.807, 2.05) is 13.8 Å². The third kappa shape index (κ3) is 6.50. The minimum Gasteiger partial charge on any atom is -0.496 e. The van der Waals surface area contributed by atoms with Crippen LogP contribution in [0.5, 0.6) is 5.75 Å². The molecule has 0 aliphatic carbocycles. The van der Waals surface area contributed by atoms with Gasteiger partial charge in [-0.2, -0.15) is 0 Å². The van der Waals surface area contributed by atoms with Crippen LogP contribution in [0.15, 0.2) is 52.3 Å². The first-order valence-corrected chi connectivity index (χ1v) is 12.6. The third-order valence-corrected chi connectivity index (χ3v) is 7.15. The number of sulfonamides is 2. The minimum absolute atomic E-state index is 0.0248. The highest BCUT2D eigenvalue weighted by Gasteiger charge is 2.20. The third-order valence-electron chi connectivity index (χ3n) is 4.16. The van der Waals surface area contributed by atoms with Crippen LogP contribution >= 0.6 is 0 Å². The Morgan fingerprint density at radius 2 is 1.52 bits per heavy atom. The maximum atomic E-state index is 12.8. The summed E-state index contributed by atoms with van der Waals surface area (Å²) in [5, 5.41) is 2.62. The van der Waals surface area contributed by atoms with Gasteiger partial charge in [-0.25, -0.2) is 26.3 Å². The second-order valence-electron chi connectivity index (χ2n) is 7.09. The van der Waals surface area contributed by atoms with Crippen LogP contribution in [0.1, 0.15) is 31.1 Å². The van der Waals surface area contributed by atoms with Gasteiger partial charge < -0.3 is 10.1 Å². The van der Waals surface area contributed by atoms with Gasteiger partial charge in [0.25, 0.3) is 5.91 Å². The molecule has 0 atom stereocenters. The molecule has 11 heteroatoms. The predicted molar refractivity (Wildman–Crippen MR) is 118 cm³/mol. The Hall–Kier alpha value is -2.47. The highest BCUT2D eigenvalue weighted by molar-refractivity contribution is 7.89. The average molecular weight is 470 g/mol. The molecule has 0 saturated carbocycles. The van der Waals surface area contributed by atoms with Crippen LogP contribution in [0, 0.1) is 5.92 Å². The van der Waals surface area contributed by atoms with Gasteiger partial charge in [-0.3, -0.25) is 4.79 Å². The summed E-state index contributed by atoms with van der Waals surface area (Å²) in [5.41, 5.74) is 0.367. The van der Waals surface area contributed by atoms with Crippen molar-refractivity contribution in [3.8, 4) is 5.75 Å². The number of nitrogens with one attached hydrogen (secondary N) is 3. The first-order valence-electron chi connectivity index (χ1n) is 9.59. The zero-order chi connectivity index (χ0) is 23.2. The fourth-order valence-electron chi connectivity index (χ4n) is 2.58. The zero-order valence-electron chi connectivity index (χ0n) is 17.8. The summed E-state index contributed by atoms with van der Waals surface area (Å²) >= 11 is 0. The molecule has 0 unspecified atom stereocenters. The van der Waals surface area contributed by atoms with Crippen LogP contribution in [0.2, 0.25) is 0 Å². The first kappa shape index (κ1) is 24.8. The number of hydrogen-bond donors (Lipinski definition) is 3. The van der Waals surface area contributed by atoms with Gasteiger partial charge in [-0.15, -0.1) is 0 Å². The van der Waals surface area contributed by atoms with E-state index >= 15 is 0 Å². The van der Waals surface area contributed by atoms with Crippen LogP contribution in [-0.2, 0) is 20.0 Å². The largest absolute Gasteiger partial charge is 0.496 e. The van der Waals surface area contributed by atoms with E-state index in [9.17, 15) is 21.6 Å². The van der Waals surface area contributed by atoms with E-state index in [0.717, 1.165) is 0 Å². The molecule has 0 radical (unpaired) electrons. The van der Waals surface area contributed by atoms with Gasteiger partial charge in [-0.1, -0.05) is 20.8 Å². The number of carbonyl (C=O) groups is 1. The number of methoxy groups -OCH3 is 1. The fourth-order valence-corrected chi connectivity index (χ4v) is 4.86. The van der Waals surface area contributed by atoms with E-state index < -0.39 is 26.0 Å². The second kappa shape index (κ2) is 10.2. The molecule has 170 valence electrons. The number of hydrogen-bond acceptors (Lipinski definition) is 6. The second-order valence-corrected chi connectivity index (χ2v) is 10.6. The Labute approximate surface area is 183 Å². The summed E-state index contributed by atoms with van der Waals surface area (Å²) in [6.07, 6.45) is 0. The number of rotatable bonds is 10. The van der Waals surface area contributed by atoms with Crippen LogP contribution in [0.25, 0.3) is 0 Å². The summed E-state index contributed by atoms with van der Waals surface area (Å²) < 4.78 is 59.1. The minimum atomic E-state index is -3.76.